The van der Waals surface area contributed by atoms with E-state index in [-0.39, 0.29) is 23.9 Å². The largest absolute Gasteiger partial charge is 0.465 e. The quantitative estimate of drug-likeness (QED) is 0.620. The monoisotopic (exact) mass is 296 g/mol. The molecule has 0 aliphatic heterocycles. The number of nitrogen functional groups attached to an aromatic ring is 1. The minimum atomic E-state index is -0.579. The Balaban J connectivity index is 2.36. The lowest BCUT2D eigenvalue weighted by Gasteiger charge is -2.39. The zero-order valence-corrected chi connectivity index (χ0v) is 12.1. The molecule has 0 amide bonds. The van der Waals surface area contributed by atoms with Crippen molar-refractivity contribution in [3.05, 3.63) is 23.5 Å². The number of hydrogen-bond acceptors (Lipinski definition) is 5. The summed E-state index contributed by atoms with van der Waals surface area (Å²) < 4.78 is 18.9. The van der Waals surface area contributed by atoms with E-state index in [1.54, 1.807) is 0 Å². The molecule has 0 unspecified atom stereocenters. The number of aliphatic hydroxyl groups excluding tert-OH is 1. The maximum absolute atomic E-state index is 14.3. The number of aliphatic hydroxyl groups is 1. The predicted octanol–water partition coefficient (Wildman–Crippen LogP) is 1.94. The van der Waals surface area contributed by atoms with Crippen LogP contribution in [0.2, 0.25) is 0 Å². The number of carbonyl (C=O) groups excluding carboxylic acids is 1. The third-order valence-corrected chi connectivity index (χ3v) is 3.91. The van der Waals surface area contributed by atoms with Gasteiger partial charge in [0, 0.05) is 24.9 Å². The molecule has 1 aromatic rings. The Bertz CT molecular complexity index is 518. The number of nitrogens with zero attached hydrogens (tertiary/aromatic N) is 1. The zero-order chi connectivity index (χ0) is 15.4. The van der Waals surface area contributed by atoms with Gasteiger partial charge in [-0.3, -0.25) is 0 Å². The van der Waals surface area contributed by atoms with Gasteiger partial charge in [0.25, 0.3) is 0 Å². The molecule has 3 N–H and O–H groups in total. The number of carbonyl (C=O) groups is 1. The van der Waals surface area contributed by atoms with Crippen LogP contribution in [0.4, 0.5) is 15.8 Å². The van der Waals surface area contributed by atoms with Crippen molar-refractivity contribution in [2.45, 2.75) is 31.7 Å². The Morgan fingerprint density at radius 1 is 1.52 bits per heavy atom. The van der Waals surface area contributed by atoms with Gasteiger partial charge in [-0.15, -0.1) is 0 Å². The Kier molecular flexibility index (Phi) is 5.01. The van der Waals surface area contributed by atoms with Gasteiger partial charge in [0.2, 0.25) is 0 Å². The molecule has 5 nitrogen and oxygen atoms in total. The highest BCUT2D eigenvalue weighted by Crippen LogP contribution is 2.33. The number of nitrogens with two attached hydrogens (primary N) is 1. The zero-order valence-electron chi connectivity index (χ0n) is 12.1. The second-order valence-electron chi connectivity index (χ2n) is 5.24. The molecular formula is C15H21FN2O3. The first-order valence-corrected chi connectivity index (χ1v) is 7.13. The predicted molar refractivity (Wildman–Crippen MR) is 78.8 cm³/mol. The summed E-state index contributed by atoms with van der Waals surface area (Å²) in [5, 5.41) is 9.01. The van der Waals surface area contributed by atoms with Crippen molar-refractivity contribution in [1.29, 1.82) is 0 Å². The summed E-state index contributed by atoms with van der Waals surface area (Å²) in [7, 11) is 1.26. The van der Waals surface area contributed by atoms with Crippen molar-refractivity contribution in [3.63, 3.8) is 0 Å². The number of methoxy groups -OCH3 is 1. The van der Waals surface area contributed by atoms with Gasteiger partial charge in [-0.25, -0.2) is 9.18 Å². The van der Waals surface area contributed by atoms with Crippen LogP contribution >= 0.6 is 0 Å². The average Bonchev–Trinajstić information content (AvgIpc) is 2.41. The second kappa shape index (κ2) is 6.76. The second-order valence-corrected chi connectivity index (χ2v) is 5.24. The van der Waals surface area contributed by atoms with Crippen LogP contribution in [0.1, 0.15) is 36.0 Å². The fourth-order valence-corrected chi connectivity index (χ4v) is 2.52. The highest BCUT2D eigenvalue weighted by molar-refractivity contribution is 5.96. The third kappa shape index (κ3) is 3.26. The number of ether oxygens (including phenoxy) is 1. The van der Waals surface area contributed by atoms with E-state index in [0.717, 1.165) is 25.3 Å². The van der Waals surface area contributed by atoms with Gasteiger partial charge in [-0.2, -0.15) is 0 Å². The lowest BCUT2D eigenvalue weighted by atomic mass is 9.90. The van der Waals surface area contributed by atoms with E-state index >= 15 is 0 Å². The van der Waals surface area contributed by atoms with Crippen LogP contribution in [-0.4, -0.2) is 37.4 Å². The molecule has 0 bridgehead atoms. The molecule has 6 heteroatoms. The van der Waals surface area contributed by atoms with E-state index in [9.17, 15) is 9.18 Å². The van der Waals surface area contributed by atoms with Crippen molar-refractivity contribution in [1.82, 2.24) is 0 Å². The fourth-order valence-electron chi connectivity index (χ4n) is 2.52. The molecule has 1 fully saturated rings. The summed E-state index contributed by atoms with van der Waals surface area (Å²) in [5.41, 5.74) is 6.28. The summed E-state index contributed by atoms with van der Waals surface area (Å²) in [6.07, 6.45) is 3.64. The van der Waals surface area contributed by atoms with Gasteiger partial charge in [0.1, 0.15) is 5.82 Å². The van der Waals surface area contributed by atoms with Crippen molar-refractivity contribution >= 4 is 17.3 Å². The molecule has 2 rings (SSSR count). The van der Waals surface area contributed by atoms with E-state index in [4.69, 9.17) is 10.8 Å². The molecule has 116 valence electrons. The first kappa shape index (κ1) is 15.6. The van der Waals surface area contributed by atoms with Crippen LogP contribution in [0.25, 0.3) is 0 Å². The number of rotatable bonds is 6. The molecule has 1 aliphatic rings. The molecule has 1 aliphatic carbocycles. The van der Waals surface area contributed by atoms with Crippen LogP contribution in [0.5, 0.6) is 0 Å². The lowest BCUT2D eigenvalue weighted by molar-refractivity contribution is 0.0602. The summed E-state index contributed by atoms with van der Waals surface area (Å²) in [4.78, 5) is 13.6. The molecule has 0 radical (unpaired) electrons. The van der Waals surface area contributed by atoms with Gasteiger partial charge >= 0.3 is 5.97 Å². The Hall–Kier alpha value is -1.82. The first-order valence-electron chi connectivity index (χ1n) is 7.13. The Morgan fingerprint density at radius 3 is 2.76 bits per heavy atom. The number of benzene rings is 1. The maximum atomic E-state index is 14.3. The fraction of sp³-hybridized carbons (Fsp3) is 0.533. The van der Waals surface area contributed by atoms with Gasteiger partial charge in [0.05, 0.1) is 18.4 Å². The minimum absolute atomic E-state index is 0.0453. The smallest absolute Gasteiger partial charge is 0.340 e. The summed E-state index contributed by atoms with van der Waals surface area (Å²) >= 11 is 0. The van der Waals surface area contributed by atoms with E-state index in [2.05, 4.69) is 4.74 Å². The molecule has 0 heterocycles. The number of anilines is 2. The van der Waals surface area contributed by atoms with Crippen LogP contribution in [0, 0.1) is 5.82 Å². The van der Waals surface area contributed by atoms with Crippen molar-refractivity contribution in [2.75, 3.05) is 30.9 Å². The van der Waals surface area contributed by atoms with Gasteiger partial charge in [0.15, 0.2) is 0 Å². The molecule has 1 aromatic carbocycles. The molecule has 21 heavy (non-hydrogen) atoms. The van der Waals surface area contributed by atoms with Gasteiger partial charge < -0.3 is 20.5 Å². The number of halogens is 1. The van der Waals surface area contributed by atoms with Crippen molar-refractivity contribution in [3.8, 4) is 0 Å². The van der Waals surface area contributed by atoms with E-state index in [0.29, 0.717) is 18.7 Å². The van der Waals surface area contributed by atoms with E-state index in [1.807, 2.05) is 4.90 Å². The van der Waals surface area contributed by atoms with Crippen molar-refractivity contribution < 1.29 is 19.0 Å². The van der Waals surface area contributed by atoms with Crippen molar-refractivity contribution in [2.24, 2.45) is 0 Å². The Labute approximate surface area is 123 Å². The standard InChI is InChI=1S/C15H21FN2O3/c1-21-15(20)11-8-14(12(16)9-13(11)17)18(6-3-7-19)10-4-2-5-10/h8-10,19H,2-7,17H2,1H3. The third-order valence-electron chi connectivity index (χ3n) is 3.91. The lowest BCUT2D eigenvalue weighted by Crippen LogP contribution is -2.41. The summed E-state index contributed by atoms with van der Waals surface area (Å²) in [6.45, 7) is 0.590. The molecule has 0 aromatic heterocycles. The van der Waals surface area contributed by atoms with Crippen LogP contribution in [0.3, 0.4) is 0 Å². The normalized spacial score (nSPS) is 14.6. The molecular weight excluding hydrogens is 275 g/mol. The van der Waals surface area contributed by atoms with Gasteiger partial charge in [-0.1, -0.05) is 0 Å². The molecule has 1 saturated carbocycles. The molecule has 0 spiro atoms. The minimum Gasteiger partial charge on any atom is -0.465 e. The van der Waals surface area contributed by atoms with Crippen LogP contribution < -0.4 is 10.6 Å². The average molecular weight is 296 g/mol. The van der Waals surface area contributed by atoms with E-state index < -0.39 is 11.8 Å². The van der Waals surface area contributed by atoms with Gasteiger partial charge in [-0.05, 0) is 37.8 Å². The molecule has 0 saturated heterocycles. The summed E-state index contributed by atoms with van der Waals surface area (Å²) in [6, 6.07) is 2.86. The summed E-state index contributed by atoms with van der Waals surface area (Å²) in [5.74, 6) is -1.03. The van der Waals surface area contributed by atoms with Crippen LogP contribution in [0.15, 0.2) is 12.1 Å². The topological polar surface area (TPSA) is 75.8 Å². The van der Waals surface area contributed by atoms with E-state index in [1.165, 1.54) is 13.2 Å². The van der Waals surface area contributed by atoms with Crippen LogP contribution in [-0.2, 0) is 4.74 Å². The molecule has 0 atom stereocenters. The Morgan fingerprint density at radius 2 is 2.24 bits per heavy atom. The highest BCUT2D eigenvalue weighted by Gasteiger charge is 2.28. The number of hydrogen-bond donors (Lipinski definition) is 2. The SMILES string of the molecule is COC(=O)c1cc(N(CCCO)C2CCC2)c(F)cc1N. The first-order chi connectivity index (χ1) is 10.1. The highest BCUT2D eigenvalue weighted by atomic mass is 19.1. The maximum Gasteiger partial charge on any atom is 0.340 e. The number of esters is 1.